The standard InChI is InChI=1S/C8H16N2O/c1-7(4-5-9)10(3)8(2)6-11/h7-8,11H,4,6H2,1-3H3. The third kappa shape index (κ3) is 3.35. The molecule has 0 saturated heterocycles. The molecule has 0 spiro atoms. The minimum Gasteiger partial charge on any atom is -0.395 e. The molecule has 0 heterocycles. The molecule has 3 heteroatoms. The van der Waals surface area contributed by atoms with Crippen LogP contribution < -0.4 is 0 Å². The van der Waals surface area contributed by atoms with Gasteiger partial charge in [0.2, 0.25) is 0 Å². The average Bonchev–Trinajstić information content (AvgIpc) is 2.02. The minimum atomic E-state index is 0.137. The van der Waals surface area contributed by atoms with Crippen LogP contribution in [0.1, 0.15) is 20.3 Å². The molecular formula is C8H16N2O. The van der Waals surface area contributed by atoms with Gasteiger partial charge in [-0.1, -0.05) is 0 Å². The van der Waals surface area contributed by atoms with E-state index in [0.29, 0.717) is 6.42 Å². The van der Waals surface area contributed by atoms with Gasteiger partial charge in [-0.05, 0) is 20.9 Å². The molecule has 64 valence electrons. The van der Waals surface area contributed by atoms with Crippen molar-refractivity contribution in [1.82, 2.24) is 4.90 Å². The molecule has 0 aliphatic heterocycles. The van der Waals surface area contributed by atoms with Crippen LogP contribution in [0.2, 0.25) is 0 Å². The first-order valence-corrected chi connectivity index (χ1v) is 3.83. The highest BCUT2D eigenvalue weighted by atomic mass is 16.3. The number of hydrogen-bond acceptors (Lipinski definition) is 3. The summed E-state index contributed by atoms with van der Waals surface area (Å²) in [5.74, 6) is 0. The van der Waals surface area contributed by atoms with Crippen molar-refractivity contribution in [3.63, 3.8) is 0 Å². The number of rotatable bonds is 4. The summed E-state index contributed by atoms with van der Waals surface area (Å²) >= 11 is 0. The van der Waals surface area contributed by atoms with Gasteiger partial charge in [-0.2, -0.15) is 5.26 Å². The zero-order valence-electron chi connectivity index (χ0n) is 7.41. The zero-order valence-corrected chi connectivity index (χ0v) is 7.41. The van der Waals surface area contributed by atoms with Gasteiger partial charge in [0.05, 0.1) is 19.1 Å². The number of aliphatic hydroxyl groups is 1. The number of nitriles is 1. The first kappa shape index (κ1) is 10.4. The van der Waals surface area contributed by atoms with Gasteiger partial charge in [0.1, 0.15) is 0 Å². The van der Waals surface area contributed by atoms with Crippen LogP contribution in [0.25, 0.3) is 0 Å². The van der Waals surface area contributed by atoms with E-state index in [1.54, 1.807) is 0 Å². The summed E-state index contributed by atoms with van der Waals surface area (Å²) < 4.78 is 0. The molecule has 2 unspecified atom stereocenters. The van der Waals surface area contributed by atoms with Crippen LogP contribution in [0.4, 0.5) is 0 Å². The maximum absolute atomic E-state index is 8.80. The second-order valence-corrected chi connectivity index (χ2v) is 2.91. The Hall–Kier alpha value is -0.590. The third-order valence-corrected chi connectivity index (χ3v) is 2.04. The topological polar surface area (TPSA) is 47.3 Å². The van der Waals surface area contributed by atoms with Gasteiger partial charge in [-0.3, -0.25) is 4.90 Å². The summed E-state index contributed by atoms with van der Waals surface area (Å²) in [6, 6.07) is 2.47. The second-order valence-electron chi connectivity index (χ2n) is 2.91. The van der Waals surface area contributed by atoms with Gasteiger partial charge >= 0.3 is 0 Å². The van der Waals surface area contributed by atoms with Crippen molar-refractivity contribution in [3.8, 4) is 6.07 Å². The van der Waals surface area contributed by atoms with Crippen LogP contribution in [0, 0.1) is 11.3 Å². The van der Waals surface area contributed by atoms with Gasteiger partial charge in [0.15, 0.2) is 0 Å². The average molecular weight is 156 g/mol. The number of aliphatic hydroxyl groups excluding tert-OH is 1. The molecule has 11 heavy (non-hydrogen) atoms. The van der Waals surface area contributed by atoms with Gasteiger partial charge < -0.3 is 5.11 Å². The van der Waals surface area contributed by atoms with Crippen LogP contribution in [-0.4, -0.2) is 35.7 Å². The molecular weight excluding hydrogens is 140 g/mol. The van der Waals surface area contributed by atoms with E-state index in [9.17, 15) is 0 Å². The predicted molar refractivity (Wildman–Crippen MR) is 44.0 cm³/mol. The molecule has 0 aliphatic rings. The van der Waals surface area contributed by atoms with Gasteiger partial charge in [0, 0.05) is 12.1 Å². The summed E-state index contributed by atoms with van der Waals surface area (Å²) in [4.78, 5) is 2.00. The Balaban J connectivity index is 3.82. The minimum absolute atomic E-state index is 0.137. The van der Waals surface area contributed by atoms with E-state index in [4.69, 9.17) is 10.4 Å². The van der Waals surface area contributed by atoms with Crippen LogP contribution in [0.3, 0.4) is 0 Å². The molecule has 0 aromatic heterocycles. The Labute approximate surface area is 68.2 Å². The fraction of sp³-hybridized carbons (Fsp3) is 0.875. The number of likely N-dealkylation sites (N-methyl/N-ethyl adjacent to an activating group) is 1. The molecule has 0 amide bonds. The molecule has 0 aromatic carbocycles. The van der Waals surface area contributed by atoms with E-state index in [0.717, 1.165) is 0 Å². The number of nitrogens with zero attached hydrogens (tertiary/aromatic N) is 2. The fourth-order valence-electron chi connectivity index (χ4n) is 0.839. The van der Waals surface area contributed by atoms with E-state index < -0.39 is 0 Å². The SMILES string of the molecule is CC(CO)N(C)C(C)CC#N. The van der Waals surface area contributed by atoms with Gasteiger partial charge in [-0.25, -0.2) is 0 Å². The lowest BCUT2D eigenvalue weighted by atomic mass is 10.2. The van der Waals surface area contributed by atoms with Crippen molar-refractivity contribution in [2.45, 2.75) is 32.4 Å². The molecule has 1 N–H and O–H groups in total. The molecule has 3 nitrogen and oxygen atoms in total. The Bertz CT molecular complexity index is 142. The van der Waals surface area contributed by atoms with Gasteiger partial charge in [0.25, 0.3) is 0 Å². The highest BCUT2D eigenvalue weighted by Gasteiger charge is 2.13. The van der Waals surface area contributed by atoms with E-state index in [1.807, 2.05) is 25.8 Å². The van der Waals surface area contributed by atoms with E-state index in [-0.39, 0.29) is 18.7 Å². The third-order valence-electron chi connectivity index (χ3n) is 2.04. The summed E-state index contributed by atoms with van der Waals surface area (Å²) in [5.41, 5.74) is 0. The molecule has 0 rings (SSSR count). The highest BCUT2D eigenvalue weighted by Crippen LogP contribution is 2.04. The maximum atomic E-state index is 8.80. The quantitative estimate of drug-likeness (QED) is 0.648. The van der Waals surface area contributed by atoms with E-state index >= 15 is 0 Å². The second kappa shape index (κ2) is 5.11. The normalized spacial score (nSPS) is 16.0. The van der Waals surface area contributed by atoms with Gasteiger partial charge in [-0.15, -0.1) is 0 Å². The first-order valence-electron chi connectivity index (χ1n) is 3.83. The van der Waals surface area contributed by atoms with E-state index in [2.05, 4.69) is 6.07 Å². The smallest absolute Gasteiger partial charge is 0.0638 e. The fourth-order valence-corrected chi connectivity index (χ4v) is 0.839. The molecule has 0 radical (unpaired) electrons. The maximum Gasteiger partial charge on any atom is 0.0638 e. The van der Waals surface area contributed by atoms with Crippen LogP contribution in [0.15, 0.2) is 0 Å². The summed E-state index contributed by atoms with van der Waals surface area (Å²) in [6.45, 7) is 4.07. The Morgan fingerprint density at radius 2 is 2.00 bits per heavy atom. The summed E-state index contributed by atoms with van der Waals surface area (Å²) in [7, 11) is 1.92. The molecule has 0 bridgehead atoms. The van der Waals surface area contributed by atoms with Crippen molar-refractivity contribution in [1.29, 1.82) is 5.26 Å². The lowest BCUT2D eigenvalue weighted by Gasteiger charge is -2.27. The molecule has 0 fully saturated rings. The largest absolute Gasteiger partial charge is 0.395 e. The monoisotopic (exact) mass is 156 g/mol. The van der Waals surface area contributed by atoms with Crippen molar-refractivity contribution in [2.75, 3.05) is 13.7 Å². The molecule has 0 aromatic rings. The van der Waals surface area contributed by atoms with Crippen LogP contribution in [-0.2, 0) is 0 Å². The summed E-state index contributed by atoms with van der Waals surface area (Å²) in [5, 5.41) is 17.2. The van der Waals surface area contributed by atoms with Crippen molar-refractivity contribution in [3.05, 3.63) is 0 Å². The van der Waals surface area contributed by atoms with E-state index in [1.165, 1.54) is 0 Å². The predicted octanol–water partition coefficient (Wildman–Crippen LogP) is 0.601. The van der Waals surface area contributed by atoms with Crippen molar-refractivity contribution in [2.24, 2.45) is 0 Å². The van der Waals surface area contributed by atoms with Crippen LogP contribution in [0.5, 0.6) is 0 Å². The Morgan fingerprint density at radius 1 is 1.45 bits per heavy atom. The highest BCUT2D eigenvalue weighted by molar-refractivity contribution is 4.80. The van der Waals surface area contributed by atoms with Crippen molar-refractivity contribution >= 4 is 0 Å². The lowest BCUT2D eigenvalue weighted by molar-refractivity contribution is 0.128. The zero-order chi connectivity index (χ0) is 8.85. The summed E-state index contributed by atoms with van der Waals surface area (Å²) in [6.07, 6.45) is 0.515. The number of hydrogen-bond donors (Lipinski definition) is 1. The van der Waals surface area contributed by atoms with Crippen LogP contribution >= 0.6 is 0 Å². The molecule has 0 aliphatic carbocycles. The Kier molecular flexibility index (Phi) is 4.84. The molecule has 2 atom stereocenters. The first-order chi connectivity index (χ1) is 5.13. The molecule has 0 saturated carbocycles. The van der Waals surface area contributed by atoms with Crippen molar-refractivity contribution < 1.29 is 5.11 Å². The lowest BCUT2D eigenvalue weighted by Crippen LogP contribution is -2.38. The Morgan fingerprint density at radius 3 is 2.36 bits per heavy atom.